The molecule has 0 bridgehead atoms. The summed E-state index contributed by atoms with van der Waals surface area (Å²) in [5.74, 6) is 0.490. The highest BCUT2D eigenvalue weighted by molar-refractivity contribution is 7.89. The van der Waals surface area contributed by atoms with E-state index in [-0.39, 0.29) is 4.90 Å². The van der Waals surface area contributed by atoms with Crippen LogP contribution < -0.4 is 0 Å². The van der Waals surface area contributed by atoms with Crippen molar-refractivity contribution < 1.29 is 8.42 Å². The van der Waals surface area contributed by atoms with Gasteiger partial charge in [-0.25, -0.2) is 8.42 Å². The summed E-state index contributed by atoms with van der Waals surface area (Å²) >= 11 is 0. The van der Waals surface area contributed by atoms with E-state index < -0.39 is 10.0 Å². The fraction of sp³-hybridized carbons (Fsp3) is 0.533. The van der Waals surface area contributed by atoms with Crippen LogP contribution in [0.3, 0.4) is 0 Å². The molecule has 1 saturated carbocycles. The number of rotatable bonds is 5. The van der Waals surface area contributed by atoms with Gasteiger partial charge in [-0.15, -0.1) is 0 Å². The molecule has 0 unspecified atom stereocenters. The summed E-state index contributed by atoms with van der Waals surface area (Å²) in [5.41, 5.74) is 1.07. The fourth-order valence-corrected chi connectivity index (χ4v) is 4.22. The van der Waals surface area contributed by atoms with Crippen LogP contribution in [0, 0.1) is 24.2 Å². The summed E-state index contributed by atoms with van der Waals surface area (Å²) in [6.45, 7) is 4.69. The van der Waals surface area contributed by atoms with Crippen LogP contribution in [0.15, 0.2) is 23.1 Å². The lowest BCUT2D eigenvalue weighted by Gasteiger charge is -2.31. The molecule has 1 aliphatic carbocycles. The van der Waals surface area contributed by atoms with Gasteiger partial charge in [0.25, 0.3) is 0 Å². The van der Waals surface area contributed by atoms with E-state index in [1.54, 1.807) is 23.4 Å². The van der Waals surface area contributed by atoms with E-state index in [1.807, 2.05) is 13.0 Å². The van der Waals surface area contributed by atoms with E-state index in [4.69, 9.17) is 5.26 Å². The second-order valence-corrected chi connectivity index (χ2v) is 7.25. The van der Waals surface area contributed by atoms with Crippen molar-refractivity contribution in [2.45, 2.75) is 38.0 Å². The van der Waals surface area contributed by atoms with Crippen molar-refractivity contribution in [3.63, 3.8) is 0 Å². The van der Waals surface area contributed by atoms with Crippen LogP contribution in [-0.4, -0.2) is 25.8 Å². The fourth-order valence-electron chi connectivity index (χ4n) is 2.45. The molecule has 0 saturated heterocycles. The smallest absolute Gasteiger partial charge is 0.207 e. The number of benzene rings is 1. The van der Waals surface area contributed by atoms with E-state index in [0.29, 0.717) is 30.1 Å². The Hall–Kier alpha value is -1.38. The Morgan fingerprint density at radius 1 is 1.40 bits per heavy atom. The van der Waals surface area contributed by atoms with Gasteiger partial charge in [-0.3, -0.25) is 0 Å². The Kier molecular flexibility index (Phi) is 4.46. The molecule has 20 heavy (non-hydrogen) atoms. The first-order valence-electron chi connectivity index (χ1n) is 7.00. The molecule has 0 atom stereocenters. The molecule has 5 heteroatoms. The summed E-state index contributed by atoms with van der Waals surface area (Å²) in [7, 11) is -3.50. The number of sulfonamides is 1. The average molecular weight is 292 g/mol. The minimum atomic E-state index is -3.50. The standard InChI is InChI=1S/C15H20N2O2S/c1-3-17(11-13-5-4-6-13)20(18,19)15-9-14(10-16)8-7-12(15)2/h7-9,13H,3-6,11H2,1-2H3. The third-order valence-corrected chi connectivity index (χ3v) is 6.06. The maximum Gasteiger partial charge on any atom is 0.243 e. The third kappa shape index (κ3) is 2.87. The zero-order valence-corrected chi connectivity index (χ0v) is 12.8. The molecule has 1 aromatic rings. The van der Waals surface area contributed by atoms with Crippen molar-refractivity contribution >= 4 is 10.0 Å². The lowest BCUT2D eigenvalue weighted by Crippen LogP contribution is -2.37. The molecule has 108 valence electrons. The molecule has 0 spiro atoms. The molecule has 0 N–H and O–H groups in total. The molecule has 0 aromatic heterocycles. The van der Waals surface area contributed by atoms with Crippen LogP contribution >= 0.6 is 0 Å². The number of hydrogen-bond donors (Lipinski definition) is 0. The number of nitriles is 1. The maximum atomic E-state index is 12.7. The van der Waals surface area contributed by atoms with E-state index in [9.17, 15) is 8.42 Å². The van der Waals surface area contributed by atoms with Gasteiger partial charge in [0.1, 0.15) is 0 Å². The van der Waals surface area contributed by atoms with Gasteiger partial charge in [0.05, 0.1) is 16.5 Å². The summed E-state index contributed by atoms with van der Waals surface area (Å²) in [4.78, 5) is 0.262. The lowest BCUT2D eigenvalue weighted by molar-refractivity contribution is 0.250. The molecule has 0 amide bonds. The molecule has 0 heterocycles. The normalized spacial score (nSPS) is 15.9. The van der Waals surface area contributed by atoms with Crippen LogP contribution in [0.1, 0.15) is 37.3 Å². The first kappa shape index (κ1) is 15.0. The molecule has 1 fully saturated rings. The van der Waals surface area contributed by atoms with Crippen LogP contribution in [0.2, 0.25) is 0 Å². The molecular weight excluding hydrogens is 272 g/mol. The Bertz CT molecular complexity index is 628. The van der Waals surface area contributed by atoms with Crippen molar-refractivity contribution in [2.24, 2.45) is 5.92 Å². The van der Waals surface area contributed by atoms with Crippen molar-refractivity contribution in [2.75, 3.05) is 13.1 Å². The lowest BCUT2D eigenvalue weighted by atomic mass is 9.85. The van der Waals surface area contributed by atoms with Crippen molar-refractivity contribution in [3.05, 3.63) is 29.3 Å². The molecular formula is C15H20N2O2S. The largest absolute Gasteiger partial charge is 0.243 e. The second-order valence-electron chi connectivity index (χ2n) is 5.34. The molecule has 1 aliphatic rings. The van der Waals surface area contributed by atoms with E-state index in [2.05, 4.69) is 0 Å². The van der Waals surface area contributed by atoms with Crippen LogP contribution in [0.25, 0.3) is 0 Å². The number of hydrogen-bond acceptors (Lipinski definition) is 3. The van der Waals surface area contributed by atoms with E-state index in [1.165, 1.54) is 12.5 Å². The summed E-state index contributed by atoms with van der Waals surface area (Å²) in [6.07, 6.45) is 3.43. The molecule has 2 rings (SSSR count). The van der Waals surface area contributed by atoms with Gasteiger partial charge in [0.15, 0.2) is 0 Å². The van der Waals surface area contributed by atoms with Gasteiger partial charge in [-0.1, -0.05) is 19.4 Å². The van der Waals surface area contributed by atoms with Crippen LogP contribution in [0.5, 0.6) is 0 Å². The van der Waals surface area contributed by atoms with Gasteiger partial charge in [0, 0.05) is 13.1 Å². The highest BCUT2D eigenvalue weighted by Gasteiger charge is 2.29. The molecule has 0 radical (unpaired) electrons. The van der Waals surface area contributed by atoms with Crippen molar-refractivity contribution in [3.8, 4) is 6.07 Å². The Morgan fingerprint density at radius 2 is 2.10 bits per heavy atom. The predicted molar refractivity (Wildman–Crippen MR) is 77.7 cm³/mol. The third-order valence-electron chi connectivity index (χ3n) is 3.97. The Balaban J connectivity index is 2.34. The minimum absolute atomic E-state index is 0.262. The van der Waals surface area contributed by atoms with Gasteiger partial charge in [-0.05, 0) is 43.4 Å². The van der Waals surface area contributed by atoms with Crippen molar-refractivity contribution in [1.29, 1.82) is 5.26 Å². The summed E-state index contributed by atoms with van der Waals surface area (Å²) < 4.78 is 27.0. The first-order valence-corrected chi connectivity index (χ1v) is 8.44. The highest BCUT2D eigenvalue weighted by atomic mass is 32.2. The highest BCUT2D eigenvalue weighted by Crippen LogP contribution is 2.29. The van der Waals surface area contributed by atoms with Crippen molar-refractivity contribution in [1.82, 2.24) is 4.31 Å². The van der Waals surface area contributed by atoms with Gasteiger partial charge >= 0.3 is 0 Å². The predicted octanol–water partition coefficient (Wildman–Crippen LogP) is 2.68. The average Bonchev–Trinajstić information content (AvgIpc) is 2.37. The molecule has 0 aliphatic heterocycles. The summed E-state index contributed by atoms with van der Waals surface area (Å²) in [6, 6.07) is 6.83. The minimum Gasteiger partial charge on any atom is -0.207 e. The maximum absolute atomic E-state index is 12.7. The molecule has 4 nitrogen and oxygen atoms in total. The van der Waals surface area contributed by atoms with Gasteiger partial charge in [-0.2, -0.15) is 9.57 Å². The zero-order valence-electron chi connectivity index (χ0n) is 12.0. The zero-order chi connectivity index (χ0) is 14.8. The SMILES string of the molecule is CCN(CC1CCC1)S(=O)(=O)c1cc(C#N)ccc1C. The van der Waals surface area contributed by atoms with E-state index in [0.717, 1.165) is 12.8 Å². The van der Waals surface area contributed by atoms with Gasteiger partial charge < -0.3 is 0 Å². The van der Waals surface area contributed by atoms with Crippen LogP contribution in [-0.2, 0) is 10.0 Å². The topological polar surface area (TPSA) is 61.2 Å². The monoisotopic (exact) mass is 292 g/mol. The second kappa shape index (κ2) is 5.94. The van der Waals surface area contributed by atoms with Gasteiger partial charge in [0.2, 0.25) is 10.0 Å². The van der Waals surface area contributed by atoms with E-state index >= 15 is 0 Å². The Labute approximate surface area is 121 Å². The number of aryl methyl sites for hydroxylation is 1. The Morgan fingerprint density at radius 3 is 2.60 bits per heavy atom. The quantitative estimate of drug-likeness (QED) is 0.838. The van der Waals surface area contributed by atoms with Crippen LogP contribution in [0.4, 0.5) is 0 Å². The number of nitrogens with zero attached hydrogens (tertiary/aromatic N) is 2. The first-order chi connectivity index (χ1) is 9.48. The summed E-state index contributed by atoms with van der Waals surface area (Å²) in [5, 5.41) is 8.95. The molecule has 1 aromatic carbocycles.